The van der Waals surface area contributed by atoms with Crippen LogP contribution in [-0.4, -0.2) is 5.78 Å². The fourth-order valence-electron chi connectivity index (χ4n) is 2.09. The van der Waals surface area contributed by atoms with Crippen LogP contribution < -0.4 is 5.73 Å². The first kappa shape index (κ1) is 14.7. The Bertz CT molecular complexity index is 403. The van der Waals surface area contributed by atoms with Crippen LogP contribution in [0, 0.1) is 11.7 Å². The first-order valence-corrected chi connectivity index (χ1v) is 6.66. The molecule has 1 rings (SSSR count). The lowest BCUT2D eigenvalue weighted by molar-refractivity contribution is 0.0957. The fraction of sp³-hybridized carbons (Fsp3) is 0.533. The number of benzene rings is 1. The van der Waals surface area contributed by atoms with Gasteiger partial charge in [0.25, 0.3) is 0 Å². The second-order valence-electron chi connectivity index (χ2n) is 4.78. The Kier molecular flexibility index (Phi) is 5.83. The van der Waals surface area contributed by atoms with Crippen molar-refractivity contribution in [2.75, 3.05) is 5.73 Å². The van der Waals surface area contributed by atoms with E-state index in [9.17, 15) is 9.18 Å². The van der Waals surface area contributed by atoms with E-state index >= 15 is 0 Å². The number of carbonyl (C=O) groups is 1. The number of anilines is 1. The molecule has 0 bridgehead atoms. The van der Waals surface area contributed by atoms with Crippen molar-refractivity contribution in [3.05, 3.63) is 29.6 Å². The van der Waals surface area contributed by atoms with Crippen molar-refractivity contribution >= 4 is 11.5 Å². The number of nitrogen functional groups attached to an aromatic ring is 1. The zero-order valence-electron chi connectivity index (χ0n) is 11.2. The van der Waals surface area contributed by atoms with E-state index in [-0.39, 0.29) is 5.78 Å². The SMILES string of the molecule is CCCCC(CC)CC(=O)c1cc(F)ccc1N. The molecule has 0 spiro atoms. The number of halogens is 1. The topological polar surface area (TPSA) is 43.1 Å². The molecular formula is C15H22FNO. The smallest absolute Gasteiger partial charge is 0.165 e. The summed E-state index contributed by atoms with van der Waals surface area (Å²) in [5.41, 5.74) is 6.41. The van der Waals surface area contributed by atoms with E-state index in [2.05, 4.69) is 13.8 Å². The number of hydrogen-bond acceptors (Lipinski definition) is 2. The van der Waals surface area contributed by atoms with Gasteiger partial charge in [-0.15, -0.1) is 0 Å². The number of hydrogen-bond donors (Lipinski definition) is 1. The Balaban J connectivity index is 2.71. The molecule has 3 heteroatoms. The van der Waals surface area contributed by atoms with Crippen LogP contribution in [0.15, 0.2) is 18.2 Å². The molecule has 0 aromatic heterocycles. The van der Waals surface area contributed by atoms with Gasteiger partial charge in [0.15, 0.2) is 5.78 Å². The molecule has 1 aromatic rings. The predicted molar refractivity (Wildman–Crippen MR) is 73.1 cm³/mol. The van der Waals surface area contributed by atoms with Crippen LogP contribution in [0.5, 0.6) is 0 Å². The van der Waals surface area contributed by atoms with Gasteiger partial charge in [0, 0.05) is 17.7 Å². The van der Waals surface area contributed by atoms with Gasteiger partial charge < -0.3 is 5.73 Å². The highest BCUT2D eigenvalue weighted by atomic mass is 19.1. The second-order valence-corrected chi connectivity index (χ2v) is 4.78. The highest BCUT2D eigenvalue weighted by molar-refractivity contribution is 6.00. The van der Waals surface area contributed by atoms with Crippen molar-refractivity contribution in [3.63, 3.8) is 0 Å². The first-order valence-electron chi connectivity index (χ1n) is 6.66. The van der Waals surface area contributed by atoms with E-state index in [1.165, 1.54) is 18.2 Å². The average Bonchev–Trinajstić information content (AvgIpc) is 2.37. The van der Waals surface area contributed by atoms with Gasteiger partial charge in [0.1, 0.15) is 5.82 Å². The van der Waals surface area contributed by atoms with Crippen LogP contribution in [0.4, 0.5) is 10.1 Å². The molecule has 0 saturated carbocycles. The molecular weight excluding hydrogens is 229 g/mol. The summed E-state index contributed by atoms with van der Waals surface area (Å²) < 4.78 is 13.1. The number of Topliss-reactive ketones (excluding diaryl/α,β-unsaturated/α-hetero) is 1. The number of carbonyl (C=O) groups excluding carboxylic acids is 1. The number of rotatable bonds is 7. The highest BCUT2D eigenvalue weighted by Gasteiger charge is 2.16. The van der Waals surface area contributed by atoms with Gasteiger partial charge in [0.05, 0.1) is 0 Å². The molecule has 2 N–H and O–H groups in total. The van der Waals surface area contributed by atoms with Gasteiger partial charge in [-0.25, -0.2) is 4.39 Å². The summed E-state index contributed by atoms with van der Waals surface area (Å²) in [6.07, 6.45) is 4.75. The lowest BCUT2D eigenvalue weighted by Gasteiger charge is -2.14. The van der Waals surface area contributed by atoms with E-state index in [1.807, 2.05) is 0 Å². The molecule has 0 aliphatic carbocycles. The summed E-state index contributed by atoms with van der Waals surface area (Å²) in [6.45, 7) is 4.22. The van der Waals surface area contributed by atoms with Gasteiger partial charge >= 0.3 is 0 Å². The highest BCUT2D eigenvalue weighted by Crippen LogP contribution is 2.22. The Morgan fingerprint density at radius 2 is 2.11 bits per heavy atom. The van der Waals surface area contributed by atoms with Crippen molar-refractivity contribution in [1.29, 1.82) is 0 Å². The molecule has 0 aliphatic heterocycles. The van der Waals surface area contributed by atoms with Crippen LogP contribution in [0.1, 0.15) is 56.3 Å². The normalized spacial score (nSPS) is 12.4. The molecule has 2 nitrogen and oxygen atoms in total. The van der Waals surface area contributed by atoms with Crippen LogP contribution >= 0.6 is 0 Å². The first-order chi connectivity index (χ1) is 8.58. The van der Waals surface area contributed by atoms with E-state index in [1.54, 1.807) is 0 Å². The third kappa shape index (κ3) is 4.13. The molecule has 0 amide bonds. The standard InChI is InChI=1S/C15H22FNO/c1-3-5-6-11(4-2)9-15(18)13-10-12(16)7-8-14(13)17/h7-8,10-11H,3-6,9,17H2,1-2H3. The molecule has 18 heavy (non-hydrogen) atoms. The van der Waals surface area contributed by atoms with Crippen LogP contribution in [0.25, 0.3) is 0 Å². The molecule has 0 saturated heterocycles. The third-order valence-electron chi connectivity index (χ3n) is 3.33. The average molecular weight is 251 g/mol. The molecule has 0 radical (unpaired) electrons. The molecule has 100 valence electrons. The summed E-state index contributed by atoms with van der Waals surface area (Å²) in [4.78, 5) is 12.1. The summed E-state index contributed by atoms with van der Waals surface area (Å²) in [5, 5.41) is 0. The number of ketones is 1. The minimum atomic E-state index is -0.408. The maximum atomic E-state index is 13.1. The maximum Gasteiger partial charge on any atom is 0.165 e. The predicted octanol–water partition coefficient (Wildman–Crippen LogP) is 4.20. The van der Waals surface area contributed by atoms with Crippen LogP contribution in [-0.2, 0) is 0 Å². The molecule has 0 heterocycles. The Labute approximate surface area is 108 Å². The zero-order valence-corrected chi connectivity index (χ0v) is 11.2. The Morgan fingerprint density at radius 3 is 2.72 bits per heavy atom. The van der Waals surface area contributed by atoms with Gasteiger partial charge in [0.2, 0.25) is 0 Å². The molecule has 1 unspecified atom stereocenters. The van der Waals surface area contributed by atoms with Gasteiger partial charge in [-0.1, -0.05) is 39.5 Å². The summed E-state index contributed by atoms with van der Waals surface area (Å²) in [5.74, 6) is -0.0794. The van der Waals surface area contributed by atoms with Crippen molar-refractivity contribution in [1.82, 2.24) is 0 Å². The number of nitrogens with two attached hydrogens (primary N) is 1. The molecule has 1 atom stereocenters. The maximum absolute atomic E-state index is 13.1. The van der Waals surface area contributed by atoms with E-state index < -0.39 is 5.82 Å². The largest absolute Gasteiger partial charge is 0.398 e. The Morgan fingerprint density at radius 1 is 1.39 bits per heavy atom. The quantitative estimate of drug-likeness (QED) is 0.583. The van der Waals surface area contributed by atoms with E-state index in [4.69, 9.17) is 5.73 Å². The monoisotopic (exact) mass is 251 g/mol. The van der Waals surface area contributed by atoms with Crippen molar-refractivity contribution in [2.45, 2.75) is 46.0 Å². The molecule has 0 fully saturated rings. The lowest BCUT2D eigenvalue weighted by atomic mass is 9.91. The molecule has 0 aliphatic rings. The molecule has 1 aromatic carbocycles. The summed E-state index contributed by atoms with van der Waals surface area (Å²) >= 11 is 0. The minimum Gasteiger partial charge on any atom is -0.398 e. The van der Waals surface area contributed by atoms with E-state index in [0.29, 0.717) is 23.6 Å². The van der Waals surface area contributed by atoms with Gasteiger partial charge in [-0.3, -0.25) is 4.79 Å². The Hall–Kier alpha value is -1.38. The minimum absolute atomic E-state index is 0.0463. The van der Waals surface area contributed by atoms with E-state index in [0.717, 1.165) is 25.7 Å². The van der Waals surface area contributed by atoms with Crippen molar-refractivity contribution in [2.24, 2.45) is 5.92 Å². The van der Waals surface area contributed by atoms with Crippen molar-refractivity contribution in [3.8, 4) is 0 Å². The second kappa shape index (κ2) is 7.14. The summed E-state index contributed by atoms with van der Waals surface area (Å²) in [6, 6.07) is 3.97. The third-order valence-corrected chi connectivity index (χ3v) is 3.33. The number of unbranched alkanes of at least 4 members (excludes halogenated alkanes) is 1. The zero-order chi connectivity index (χ0) is 13.5. The van der Waals surface area contributed by atoms with Crippen molar-refractivity contribution < 1.29 is 9.18 Å². The fourth-order valence-corrected chi connectivity index (χ4v) is 2.09. The lowest BCUT2D eigenvalue weighted by Crippen LogP contribution is -2.10. The van der Waals surface area contributed by atoms with Gasteiger partial charge in [-0.05, 0) is 24.1 Å². The summed E-state index contributed by atoms with van der Waals surface area (Å²) in [7, 11) is 0. The van der Waals surface area contributed by atoms with Crippen LogP contribution in [0.2, 0.25) is 0 Å². The van der Waals surface area contributed by atoms with Crippen LogP contribution in [0.3, 0.4) is 0 Å². The van der Waals surface area contributed by atoms with Gasteiger partial charge in [-0.2, -0.15) is 0 Å².